The molecule has 0 unspecified atom stereocenters. The lowest BCUT2D eigenvalue weighted by Gasteiger charge is -2.03. The van der Waals surface area contributed by atoms with Crippen molar-refractivity contribution in [3.63, 3.8) is 0 Å². The van der Waals surface area contributed by atoms with E-state index in [0.717, 1.165) is 6.08 Å². The van der Waals surface area contributed by atoms with Crippen molar-refractivity contribution in [3.8, 4) is 6.07 Å². The molecule has 0 aliphatic heterocycles. The summed E-state index contributed by atoms with van der Waals surface area (Å²) in [5.41, 5.74) is 0.0339. The van der Waals surface area contributed by atoms with Crippen molar-refractivity contribution in [2.75, 3.05) is 0 Å². The van der Waals surface area contributed by atoms with Crippen molar-refractivity contribution in [2.24, 2.45) is 0 Å². The Bertz CT molecular complexity index is 837. The normalized spacial score (nSPS) is 12.0. The van der Waals surface area contributed by atoms with Crippen LogP contribution in [0.25, 0.3) is 6.08 Å². The molecule has 106 valence electrons. The molecule has 0 saturated carbocycles. The van der Waals surface area contributed by atoms with Gasteiger partial charge in [-0.1, -0.05) is 29.8 Å². The van der Waals surface area contributed by atoms with Crippen molar-refractivity contribution >= 4 is 27.5 Å². The standard InChI is InChI=1S/C15H9ClFNO2S/c16-12-5-7-13(8-6-12)21(19,20)14(10-18)9-11-3-1-2-4-15(11)17/h1-9H/b14-9+. The highest BCUT2D eigenvalue weighted by Crippen LogP contribution is 2.23. The van der Waals surface area contributed by atoms with Gasteiger partial charge in [-0.15, -0.1) is 0 Å². The zero-order chi connectivity index (χ0) is 15.5. The van der Waals surface area contributed by atoms with E-state index < -0.39 is 20.6 Å². The van der Waals surface area contributed by atoms with E-state index >= 15 is 0 Å². The van der Waals surface area contributed by atoms with Crippen LogP contribution in [0.5, 0.6) is 0 Å². The third-order valence-corrected chi connectivity index (χ3v) is 4.65. The summed E-state index contributed by atoms with van der Waals surface area (Å²) in [5, 5.41) is 9.46. The summed E-state index contributed by atoms with van der Waals surface area (Å²) >= 11 is 5.70. The zero-order valence-corrected chi connectivity index (χ0v) is 12.2. The van der Waals surface area contributed by atoms with E-state index in [4.69, 9.17) is 16.9 Å². The maximum Gasteiger partial charge on any atom is 0.216 e. The first-order valence-electron chi connectivity index (χ1n) is 5.82. The predicted octanol–water partition coefficient (Wildman–Crippen LogP) is 3.82. The van der Waals surface area contributed by atoms with E-state index in [2.05, 4.69) is 0 Å². The van der Waals surface area contributed by atoms with Crippen molar-refractivity contribution in [3.05, 3.63) is 69.8 Å². The molecular weight excluding hydrogens is 313 g/mol. The first-order chi connectivity index (χ1) is 9.95. The molecular formula is C15H9ClFNO2S. The molecule has 0 aliphatic rings. The summed E-state index contributed by atoms with van der Waals surface area (Å²) in [5.74, 6) is -0.600. The van der Waals surface area contributed by atoms with Crippen LogP contribution in [-0.2, 0) is 9.84 Å². The number of rotatable bonds is 3. The molecule has 0 N–H and O–H groups in total. The van der Waals surface area contributed by atoms with Crippen LogP contribution < -0.4 is 0 Å². The predicted molar refractivity (Wildman–Crippen MR) is 78.6 cm³/mol. The van der Waals surface area contributed by atoms with E-state index in [1.165, 1.54) is 42.5 Å². The van der Waals surface area contributed by atoms with Crippen molar-refractivity contribution in [2.45, 2.75) is 4.90 Å². The number of allylic oxidation sites excluding steroid dienone is 1. The van der Waals surface area contributed by atoms with Crippen molar-refractivity contribution in [1.29, 1.82) is 5.26 Å². The third-order valence-electron chi connectivity index (χ3n) is 2.72. The quantitative estimate of drug-likeness (QED) is 0.807. The molecule has 0 radical (unpaired) electrons. The molecule has 21 heavy (non-hydrogen) atoms. The van der Waals surface area contributed by atoms with Gasteiger partial charge < -0.3 is 0 Å². The number of hydrogen-bond donors (Lipinski definition) is 0. The minimum absolute atomic E-state index is 0.0339. The summed E-state index contributed by atoms with van der Waals surface area (Å²) < 4.78 is 38.2. The lowest BCUT2D eigenvalue weighted by molar-refractivity contribution is 0.603. The lowest BCUT2D eigenvalue weighted by atomic mass is 10.2. The largest absolute Gasteiger partial charge is 0.218 e. The van der Waals surface area contributed by atoms with Gasteiger partial charge in [0.2, 0.25) is 9.84 Å². The lowest BCUT2D eigenvalue weighted by Crippen LogP contribution is -2.03. The Balaban J connectivity index is 2.53. The van der Waals surface area contributed by atoms with Crippen LogP contribution in [0.2, 0.25) is 5.02 Å². The highest BCUT2D eigenvalue weighted by atomic mass is 35.5. The number of nitriles is 1. The minimum Gasteiger partial charge on any atom is -0.218 e. The SMILES string of the molecule is N#C/C(=C\c1ccccc1F)S(=O)(=O)c1ccc(Cl)cc1. The molecule has 0 amide bonds. The topological polar surface area (TPSA) is 57.9 Å². The monoisotopic (exact) mass is 321 g/mol. The van der Waals surface area contributed by atoms with Crippen LogP contribution in [0.15, 0.2) is 58.3 Å². The van der Waals surface area contributed by atoms with E-state index in [0.29, 0.717) is 5.02 Å². The van der Waals surface area contributed by atoms with Gasteiger partial charge in [0.25, 0.3) is 0 Å². The van der Waals surface area contributed by atoms with Crippen LogP contribution >= 0.6 is 11.6 Å². The van der Waals surface area contributed by atoms with E-state index in [9.17, 15) is 12.8 Å². The molecule has 2 rings (SSSR count). The average Bonchev–Trinajstić information content (AvgIpc) is 2.46. The van der Waals surface area contributed by atoms with Gasteiger partial charge in [-0.25, -0.2) is 12.8 Å². The molecule has 0 saturated heterocycles. The molecule has 6 heteroatoms. The second-order valence-corrected chi connectivity index (χ2v) is 6.45. The maximum absolute atomic E-state index is 13.6. The highest BCUT2D eigenvalue weighted by Gasteiger charge is 2.21. The maximum atomic E-state index is 13.6. The molecule has 0 aliphatic carbocycles. The van der Waals surface area contributed by atoms with Crippen molar-refractivity contribution < 1.29 is 12.8 Å². The molecule has 0 spiro atoms. The molecule has 3 nitrogen and oxygen atoms in total. The summed E-state index contributed by atoms with van der Waals surface area (Å²) in [6, 6.07) is 12.6. The highest BCUT2D eigenvalue weighted by molar-refractivity contribution is 7.95. The number of benzene rings is 2. The number of nitrogens with zero attached hydrogens (tertiary/aromatic N) is 1. The van der Waals surface area contributed by atoms with Gasteiger partial charge in [0.05, 0.1) is 4.90 Å². The van der Waals surface area contributed by atoms with Crippen LogP contribution in [0, 0.1) is 17.1 Å². The second-order valence-electron chi connectivity index (χ2n) is 4.10. The Morgan fingerprint density at radius 1 is 1.14 bits per heavy atom. The van der Waals surface area contributed by atoms with E-state index in [-0.39, 0.29) is 10.5 Å². The Morgan fingerprint density at radius 3 is 2.33 bits per heavy atom. The fraction of sp³-hybridized carbons (Fsp3) is 0. The Morgan fingerprint density at radius 2 is 1.76 bits per heavy atom. The smallest absolute Gasteiger partial charge is 0.216 e. The summed E-state index contributed by atoms with van der Waals surface area (Å²) in [6.07, 6.45) is 1.01. The van der Waals surface area contributed by atoms with Crippen molar-refractivity contribution in [1.82, 2.24) is 0 Å². The summed E-state index contributed by atoms with van der Waals surface area (Å²) in [7, 11) is -4.01. The number of hydrogen-bond acceptors (Lipinski definition) is 3. The van der Waals surface area contributed by atoms with Crippen LogP contribution in [0.1, 0.15) is 5.56 Å². The Labute approximate surface area is 126 Å². The summed E-state index contributed by atoms with van der Waals surface area (Å²) in [6.45, 7) is 0. The molecule has 0 heterocycles. The van der Waals surface area contributed by atoms with E-state index in [1.54, 1.807) is 12.1 Å². The first kappa shape index (κ1) is 15.2. The number of sulfone groups is 1. The molecule has 0 atom stereocenters. The summed E-state index contributed by atoms with van der Waals surface area (Å²) in [4.78, 5) is -0.606. The molecule has 0 aromatic heterocycles. The van der Waals surface area contributed by atoms with Gasteiger partial charge in [0, 0.05) is 10.6 Å². The Hall–Kier alpha value is -2.16. The van der Waals surface area contributed by atoms with E-state index in [1.807, 2.05) is 0 Å². The minimum atomic E-state index is -4.01. The number of halogens is 2. The molecule has 0 bridgehead atoms. The van der Waals surface area contributed by atoms with Gasteiger partial charge in [-0.2, -0.15) is 5.26 Å². The van der Waals surface area contributed by atoms with Crippen LogP contribution in [-0.4, -0.2) is 8.42 Å². The van der Waals surface area contributed by atoms with Gasteiger partial charge in [0.1, 0.15) is 16.8 Å². The zero-order valence-electron chi connectivity index (χ0n) is 10.6. The van der Waals surface area contributed by atoms with Gasteiger partial charge >= 0.3 is 0 Å². The second kappa shape index (κ2) is 6.08. The van der Waals surface area contributed by atoms with Gasteiger partial charge in [0.15, 0.2) is 0 Å². The fourth-order valence-electron chi connectivity index (χ4n) is 1.64. The van der Waals surface area contributed by atoms with Gasteiger partial charge in [-0.05, 0) is 36.4 Å². The average molecular weight is 322 g/mol. The molecule has 2 aromatic carbocycles. The Kier molecular flexibility index (Phi) is 4.41. The van der Waals surface area contributed by atoms with Gasteiger partial charge in [-0.3, -0.25) is 0 Å². The fourth-order valence-corrected chi connectivity index (χ4v) is 2.92. The molecule has 2 aromatic rings. The third kappa shape index (κ3) is 3.30. The molecule has 0 fully saturated rings. The first-order valence-corrected chi connectivity index (χ1v) is 7.68. The van der Waals surface area contributed by atoms with Crippen LogP contribution in [0.4, 0.5) is 4.39 Å². The van der Waals surface area contributed by atoms with Crippen LogP contribution in [0.3, 0.4) is 0 Å².